The Kier molecular flexibility index (Phi) is 3.12. The fourth-order valence-corrected chi connectivity index (χ4v) is 2.36. The molecule has 3 rings (SSSR count). The summed E-state index contributed by atoms with van der Waals surface area (Å²) in [6.07, 6.45) is 0. The zero-order valence-corrected chi connectivity index (χ0v) is 11.8. The molecule has 6 nitrogen and oxygen atoms in total. The lowest BCUT2D eigenvalue weighted by Gasteiger charge is -2.14. The SMILES string of the molecule is CC(C)Cn1nc2n(c1=O)C(=O)N(c1ccc(F)cc1)C2. The van der Waals surface area contributed by atoms with E-state index in [1.54, 1.807) is 0 Å². The highest BCUT2D eigenvalue weighted by Gasteiger charge is 2.33. The van der Waals surface area contributed by atoms with Crippen LogP contribution in [0.15, 0.2) is 29.1 Å². The van der Waals surface area contributed by atoms with Crippen LogP contribution in [0.4, 0.5) is 14.9 Å². The lowest BCUT2D eigenvalue weighted by molar-refractivity contribution is 0.249. The van der Waals surface area contributed by atoms with Gasteiger partial charge in [-0.05, 0) is 30.2 Å². The van der Waals surface area contributed by atoms with E-state index in [2.05, 4.69) is 5.10 Å². The van der Waals surface area contributed by atoms with Crippen molar-refractivity contribution in [2.24, 2.45) is 5.92 Å². The molecule has 2 aromatic rings. The summed E-state index contributed by atoms with van der Waals surface area (Å²) >= 11 is 0. The van der Waals surface area contributed by atoms with Gasteiger partial charge in [0.25, 0.3) is 0 Å². The van der Waals surface area contributed by atoms with Crippen LogP contribution in [-0.4, -0.2) is 20.4 Å². The van der Waals surface area contributed by atoms with Crippen LogP contribution in [0.25, 0.3) is 0 Å². The van der Waals surface area contributed by atoms with Crippen molar-refractivity contribution >= 4 is 11.7 Å². The third-order valence-corrected chi connectivity index (χ3v) is 3.30. The molecule has 1 amide bonds. The second-order valence-corrected chi connectivity index (χ2v) is 5.46. The summed E-state index contributed by atoms with van der Waals surface area (Å²) in [5.41, 5.74) is 0.120. The second-order valence-electron chi connectivity index (χ2n) is 5.46. The van der Waals surface area contributed by atoms with Gasteiger partial charge in [-0.3, -0.25) is 4.90 Å². The molecule has 0 bridgehead atoms. The van der Waals surface area contributed by atoms with Gasteiger partial charge >= 0.3 is 11.7 Å². The van der Waals surface area contributed by atoms with Gasteiger partial charge < -0.3 is 0 Å². The highest BCUT2D eigenvalue weighted by atomic mass is 19.1. The van der Waals surface area contributed by atoms with Gasteiger partial charge in [0.05, 0.1) is 6.54 Å². The third kappa shape index (κ3) is 2.24. The molecule has 0 saturated heterocycles. The lowest BCUT2D eigenvalue weighted by Crippen LogP contribution is -2.35. The first-order valence-electron chi connectivity index (χ1n) is 6.73. The Bertz CT molecular complexity index is 745. The quantitative estimate of drug-likeness (QED) is 0.866. The first kappa shape index (κ1) is 13.5. The molecule has 0 aliphatic carbocycles. The molecule has 0 N–H and O–H groups in total. The summed E-state index contributed by atoms with van der Waals surface area (Å²) in [5, 5.41) is 4.20. The van der Waals surface area contributed by atoms with Crippen molar-refractivity contribution in [3.8, 4) is 0 Å². The largest absolute Gasteiger partial charge is 0.354 e. The van der Waals surface area contributed by atoms with Crippen LogP contribution < -0.4 is 10.6 Å². The maximum absolute atomic E-state index is 12.9. The van der Waals surface area contributed by atoms with E-state index in [4.69, 9.17) is 0 Å². The standard InChI is InChI=1S/C14H15FN4O2/c1-9(2)7-18-14(21)19-12(16-18)8-17(13(19)20)11-5-3-10(15)4-6-11/h3-6,9H,7-8H2,1-2H3. The van der Waals surface area contributed by atoms with Crippen LogP contribution in [0.3, 0.4) is 0 Å². The molecule has 1 aliphatic rings. The van der Waals surface area contributed by atoms with Gasteiger partial charge in [0, 0.05) is 12.2 Å². The smallest absolute Gasteiger partial charge is 0.286 e. The normalized spacial score (nSPS) is 14.1. The van der Waals surface area contributed by atoms with Crippen LogP contribution >= 0.6 is 0 Å². The summed E-state index contributed by atoms with van der Waals surface area (Å²) in [6.45, 7) is 4.64. The Morgan fingerprint density at radius 3 is 2.48 bits per heavy atom. The predicted octanol–water partition coefficient (Wildman–Crippen LogP) is 1.83. The number of nitrogens with zero attached hydrogens (tertiary/aromatic N) is 4. The monoisotopic (exact) mass is 290 g/mol. The minimum atomic E-state index is -0.448. The van der Waals surface area contributed by atoms with Crippen LogP contribution in [-0.2, 0) is 13.1 Å². The van der Waals surface area contributed by atoms with Crippen molar-refractivity contribution in [3.05, 3.63) is 46.4 Å². The zero-order chi connectivity index (χ0) is 15.1. The van der Waals surface area contributed by atoms with Crippen LogP contribution in [0.1, 0.15) is 19.7 Å². The number of carbonyl (C=O) groups excluding carboxylic acids is 1. The summed E-state index contributed by atoms with van der Waals surface area (Å²) in [7, 11) is 0. The Labute approximate surface area is 120 Å². The van der Waals surface area contributed by atoms with Crippen LogP contribution in [0.2, 0.25) is 0 Å². The number of carbonyl (C=O) groups is 1. The maximum Gasteiger partial charge on any atom is 0.354 e. The van der Waals surface area contributed by atoms with Crippen molar-refractivity contribution in [2.75, 3.05) is 4.90 Å². The van der Waals surface area contributed by atoms with Gasteiger partial charge in [-0.1, -0.05) is 13.8 Å². The number of rotatable bonds is 3. The summed E-state index contributed by atoms with van der Waals surface area (Å²) in [6, 6.07) is 5.12. The van der Waals surface area contributed by atoms with E-state index in [1.807, 2.05) is 13.8 Å². The van der Waals surface area contributed by atoms with Crippen LogP contribution in [0, 0.1) is 11.7 Å². The van der Waals surface area contributed by atoms with Crippen molar-refractivity contribution < 1.29 is 9.18 Å². The molecule has 7 heteroatoms. The third-order valence-electron chi connectivity index (χ3n) is 3.30. The van der Waals surface area contributed by atoms with Gasteiger partial charge in [-0.25, -0.2) is 18.7 Å². The van der Waals surface area contributed by atoms with Crippen molar-refractivity contribution in [1.29, 1.82) is 0 Å². The Hall–Kier alpha value is -2.44. The fourth-order valence-electron chi connectivity index (χ4n) is 2.36. The van der Waals surface area contributed by atoms with Gasteiger partial charge in [-0.2, -0.15) is 9.67 Å². The van der Waals surface area contributed by atoms with E-state index in [-0.39, 0.29) is 18.3 Å². The first-order valence-corrected chi connectivity index (χ1v) is 6.73. The number of anilines is 1. The molecule has 0 spiro atoms. The molecular weight excluding hydrogens is 275 g/mol. The van der Waals surface area contributed by atoms with Crippen LogP contribution in [0.5, 0.6) is 0 Å². The molecule has 0 fully saturated rings. The number of benzene rings is 1. The Morgan fingerprint density at radius 2 is 1.90 bits per heavy atom. The fraction of sp³-hybridized carbons (Fsp3) is 0.357. The van der Waals surface area contributed by atoms with Gasteiger partial charge in [0.2, 0.25) is 0 Å². The molecule has 0 atom stereocenters. The first-order chi connectivity index (χ1) is 9.97. The number of hydrogen-bond donors (Lipinski definition) is 0. The number of aromatic nitrogens is 3. The van der Waals surface area contributed by atoms with Gasteiger partial charge in [0.1, 0.15) is 5.82 Å². The minimum Gasteiger partial charge on any atom is -0.286 e. The molecule has 1 aromatic carbocycles. The lowest BCUT2D eigenvalue weighted by atomic mass is 10.2. The van der Waals surface area contributed by atoms with E-state index in [9.17, 15) is 14.0 Å². The molecule has 110 valence electrons. The topological polar surface area (TPSA) is 60.1 Å². The molecule has 2 heterocycles. The average Bonchev–Trinajstić information content (AvgIpc) is 2.89. The molecule has 1 aliphatic heterocycles. The predicted molar refractivity (Wildman–Crippen MR) is 74.7 cm³/mol. The molecule has 0 unspecified atom stereocenters. The number of hydrogen-bond acceptors (Lipinski definition) is 3. The summed E-state index contributed by atoms with van der Waals surface area (Å²) in [5.74, 6) is 0.305. The van der Waals surface area contributed by atoms with E-state index in [1.165, 1.54) is 33.8 Å². The molecule has 1 aromatic heterocycles. The van der Waals surface area contributed by atoms with E-state index in [0.717, 1.165) is 4.57 Å². The Balaban J connectivity index is 1.93. The van der Waals surface area contributed by atoms with E-state index < -0.39 is 11.7 Å². The number of fused-ring (bicyclic) bond motifs is 1. The second kappa shape index (κ2) is 4.83. The highest BCUT2D eigenvalue weighted by Crippen LogP contribution is 2.22. The average molecular weight is 290 g/mol. The number of amides is 1. The zero-order valence-electron chi connectivity index (χ0n) is 11.8. The summed E-state index contributed by atoms with van der Waals surface area (Å²) in [4.78, 5) is 25.9. The van der Waals surface area contributed by atoms with Crippen molar-refractivity contribution in [2.45, 2.75) is 26.9 Å². The minimum absolute atomic E-state index is 0.213. The molecule has 0 radical (unpaired) electrons. The van der Waals surface area contributed by atoms with Crippen molar-refractivity contribution in [3.63, 3.8) is 0 Å². The highest BCUT2D eigenvalue weighted by molar-refractivity contribution is 5.95. The van der Waals surface area contributed by atoms with Gasteiger partial charge in [-0.15, -0.1) is 0 Å². The number of halogens is 1. The van der Waals surface area contributed by atoms with E-state index in [0.29, 0.717) is 18.1 Å². The molecule has 0 saturated carbocycles. The Morgan fingerprint density at radius 1 is 1.24 bits per heavy atom. The summed E-state index contributed by atoms with van der Waals surface area (Å²) < 4.78 is 15.3. The molecular formula is C14H15FN4O2. The maximum atomic E-state index is 12.9. The van der Waals surface area contributed by atoms with Crippen molar-refractivity contribution in [1.82, 2.24) is 14.3 Å². The molecule has 21 heavy (non-hydrogen) atoms. The van der Waals surface area contributed by atoms with E-state index >= 15 is 0 Å². The van der Waals surface area contributed by atoms with Gasteiger partial charge in [0.15, 0.2) is 5.82 Å².